The molecule has 0 heterocycles. The van der Waals surface area contributed by atoms with Gasteiger partial charge in [0.25, 0.3) is 5.91 Å². The maximum atomic E-state index is 13.7. The van der Waals surface area contributed by atoms with Crippen molar-refractivity contribution in [1.82, 2.24) is 5.32 Å². The molecule has 0 aliphatic rings. The van der Waals surface area contributed by atoms with Gasteiger partial charge in [-0.1, -0.05) is 29.3 Å². The maximum absolute atomic E-state index is 13.7. The topological polar surface area (TPSA) is 38.3 Å². The molecule has 1 N–H and O–H groups in total. The number of halogens is 2. The van der Waals surface area contributed by atoms with Crippen LogP contribution in [0.3, 0.4) is 0 Å². The number of carbonyl (C=O) groups is 1. The first kappa shape index (κ1) is 16.3. The molecule has 0 bridgehead atoms. The van der Waals surface area contributed by atoms with Crippen LogP contribution in [0.4, 0.5) is 4.39 Å². The van der Waals surface area contributed by atoms with Gasteiger partial charge < -0.3 is 10.1 Å². The zero-order valence-corrected chi connectivity index (χ0v) is 13.2. The molecule has 0 aliphatic carbocycles. The lowest BCUT2D eigenvalue weighted by Crippen LogP contribution is -2.37. The van der Waals surface area contributed by atoms with E-state index in [1.165, 1.54) is 12.1 Å². The second kappa shape index (κ2) is 7.27. The van der Waals surface area contributed by atoms with Gasteiger partial charge in [0, 0.05) is 5.02 Å². The minimum atomic E-state index is -0.642. The van der Waals surface area contributed by atoms with Crippen LogP contribution in [0.1, 0.15) is 22.8 Å². The van der Waals surface area contributed by atoms with Gasteiger partial charge in [0.15, 0.2) is 0 Å². The second-order valence-electron chi connectivity index (χ2n) is 5.12. The summed E-state index contributed by atoms with van der Waals surface area (Å²) >= 11 is 5.66. The summed E-state index contributed by atoms with van der Waals surface area (Å²) in [6.45, 7) is 4.08. The Morgan fingerprint density at radius 2 is 1.95 bits per heavy atom. The van der Waals surface area contributed by atoms with E-state index in [1.807, 2.05) is 31.2 Å². The highest BCUT2D eigenvalue weighted by molar-refractivity contribution is 6.30. The molecule has 0 saturated carbocycles. The van der Waals surface area contributed by atoms with Gasteiger partial charge in [-0.15, -0.1) is 0 Å². The van der Waals surface area contributed by atoms with Crippen molar-refractivity contribution in [2.75, 3.05) is 6.61 Å². The van der Waals surface area contributed by atoms with E-state index in [2.05, 4.69) is 5.32 Å². The first-order chi connectivity index (χ1) is 10.5. The monoisotopic (exact) mass is 321 g/mol. The van der Waals surface area contributed by atoms with E-state index in [4.69, 9.17) is 16.3 Å². The molecule has 0 unspecified atom stereocenters. The van der Waals surface area contributed by atoms with Crippen molar-refractivity contribution in [3.63, 3.8) is 0 Å². The summed E-state index contributed by atoms with van der Waals surface area (Å²) in [7, 11) is 0. The van der Waals surface area contributed by atoms with E-state index in [0.717, 1.165) is 17.4 Å². The van der Waals surface area contributed by atoms with Crippen molar-refractivity contribution in [1.29, 1.82) is 0 Å². The van der Waals surface area contributed by atoms with Gasteiger partial charge in [-0.2, -0.15) is 0 Å². The highest BCUT2D eigenvalue weighted by Gasteiger charge is 2.14. The third kappa shape index (κ3) is 4.46. The number of ether oxygens (including phenoxy) is 1. The number of rotatable bonds is 5. The third-order valence-corrected chi connectivity index (χ3v) is 3.31. The predicted octanol–water partition coefficient (Wildman–Crippen LogP) is 3.98. The Labute approximate surface area is 134 Å². The van der Waals surface area contributed by atoms with E-state index >= 15 is 0 Å². The number of amides is 1. The summed E-state index contributed by atoms with van der Waals surface area (Å²) < 4.78 is 19.2. The smallest absolute Gasteiger partial charge is 0.254 e. The van der Waals surface area contributed by atoms with Gasteiger partial charge in [0.2, 0.25) is 0 Å². The third-order valence-electron chi connectivity index (χ3n) is 3.07. The van der Waals surface area contributed by atoms with Crippen molar-refractivity contribution in [3.8, 4) is 5.75 Å². The van der Waals surface area contributed by atoms with Crippen LogP contribution in [0.5, 0.6) is 5.75 Å². The van der Waals surface area contributed by atoms with E-state index < -0.39 is 11.7 Å². The van der Waals surface area contributed by atoms with Crippen molar-refractivity contribution < 1.29 is 13.9 Å². The predicted molar refractivity (Wildman–Crippen MR) is 85.0 cm³/mol. The molecule has 22 heavy (non-hydrogen) atoms. The molecular weight excluding hydrogens is 305 g/mol. The summed E-state index contributed by atoms with van der Waals surface area (Å²) in [5, 5.41) is 2.95. The lowest BCUT2D eigenvalue weighted by Gasteiger charge is -2.15. The van der Waals surface area contributed by atoms with Gasteiger partial charge in [-0.3, -0.25) is 4.79 Å². The molecule has 5 heteroatoms. The number of nitrogens with one attached hydrogen (secondary N) is 1. The van der Waals surface area contributed by atoms with Crippen molar-refractivity contribution in [3.05, 3.63) is 64.4 Å². The minimum Gasteiger partial charge on any atom is -0.491 e. The molecule has 0 spiro atoms. The van der Waals surface area contributed by atoms with E-state index in [0.29, 0.717) is 6.61 Å². The summed E-state index contributed by atoms with van der Waals surface area (Å²) in [6, 6.07) is 11.3. The quantitative estimate of drug-likeness (QED) is 0.904. The molecule has 0 fully saturated rings. The van der Waals surface area contributed by atoms with E-state index in [9.17, 15) is 9.18 Å². The number of aryl methyl sites for hydroxylation is 1. The minimum absolute atomic E-state index is 0.0356. The van der Waals surface area contributed by atoms with E-state index in [1.54, 1.807) is 6.92 Å². The molecule has 1 amide bonds. The fourth-order valence-corrected chi connectivity index (χ4v) is 2.03. The first-order valence-electron chi connectivity index (χ1n) is 6.91. The van der Waals surface area contributed by atoms with Crippen LogP contribution in [-0.4, -0.2) is 18.6 Å². The average molecular weight is 322 g/mol. The Hall–Kier alpha value is -2.07. The summed E-state index contributed by atoms with van der Waals surface area (Å²) in [6.07, 6.45) is 0. The van der Waals surface area contributed by atoms with Crippen molar-refractivity contribution in [2.45, 2.75) is 19.9 Å². The van der Waals surface area contributed by atoms with Crippen LogP contribution in [0.2, 0.25) is 5.02 Å². The standard InChI is InChI=1S/C17H17ClFNO2/c1-11-3-6-14(7-4-11)22-10-12(2)20-17(21)15-8-5-13(18)9-16(15)19/h3-9,12H,10H2,1-2H3,(H,20,21)/t12-/m0/s1. The molecule has 116 valence electrons. The number of carbonyl (C=O) groups excluding carboxylic acids is 1. The maximum Gasteiger partial charge on any atom is 0.254 e. The molecule has 2 aromatic carbocycles. The van der Waals surface area contributed by atoms with Crippen LogP contribution >= 0.6 is 11.6 Å². The van der Waals surface area contributed by atoms with Crippen LogP contribution in [-0.2, 0) is 0 Å². The lowest BCUT2D eigenvalue weighted by atomic mass is 10.2. The lowest BCUT2D eigenvalue weighted by molar-refractivity contribution is 0.0922. The van der Waals surface area contributed by atoms with Crippen LogP contribution in [0, 0.1) is 12.7 Å². The molecule has 0 aromatic heterocycles. The molecule has 1 atom stereocenters. The molecule has 0 aliphatic heterocycles. The summed E-state index contributed by atoms with van der Waals surface area (Å²) in [5.74, 6) is -0.407. The number of hydrogen-bond acceptors (Lipinski definition) is 2. The van der Waals surface area contributed by atoms with Gasteiger partial charge in [0.05, 0.1) is 11.6 Å². The van der Waals surface area contributed by atoms with Gasteiger partial charge in [0.1, 0.15) is 18.2 Å². The number of hydrogen-bond donors (Lipinski definition) is 1. The molecule has 3 nitrogen and oxygen atoms in total. The molecular formula is C17H17ClFNO2. The fourth-order valence-electron chi connectivity index (χ4n) is 1.87. The zero-order chi connectivity index (χ0) is 16.1. The van der Waals surface area contributed by atoms with Gasteiger partial charge in [-0.05, 0) is 44.2 Å². The normalized spacial score (nSPS) is 11.8. The zero-order valence-electron chi connectivity index (χ0n) is 12.4. The Bertz CT molecular complexity index is 658. The highest BCUT2D eigenvalue weighted by atomic mass is 35.5. The summed E-state index contributed by atoms with van der Waals surface area (Å²) in [4.78, 5) is 12.0. The van der Waals surface area contributed by atoms with Crippen LogP contribution in [0.25, 0.3) is 0 Å². The number of benzene rings is 2. The highest BCUT2D eigenvalue weighted by Crippen LogP contribution is 2.15. The largest absolute Gasteiger partial charge is 0.491 e. The SMILES string of the molecule is Cc1ccc(OC[C@H](C)NC(=O)c2ccc(Cl)cc2F)cc1. The summed E-state index contributed by atoms with van der Waals surface area (Å²) in [5.41, 5.74) is 1.11. The first-order valence-corrected chi connectivity index (χ1v) is 7.29. The Kier molecular flexibility index (Phi) is 5.39. The molecule has 2 rings (SSSR count). The molecule has 2 aromatic rings. The van der Waals surface area contributed by atoms with Crippen LogP contribution in [0.15, 0.2) is 42.5 Å². The van der Waals surface area contributed by atoms with E-state index in [-0.39, 0.29) is 16.6 Å². The Balaban J connectivity index is 1.89. The average Bonchev–Trinajstić information content (AvgIpc) is 2.46. The van der Waals surface area contributed by atoms with Crippen molar-refractivity contribution in [2.24, 2.45) is 0 Å². The second-order valence-corrected chi connectivity index (χ2v) is 5.56. The van der Waals surface area contributed by atoms with Crippen molar-refractivity contribution >= 4 is 17.5 Å². The molecule has 0 radical (unpaired) electrons. The van der Waals surface area contributed by atoms with Gasteiger partial charge >= 0.3 is 0 Å². The van der Waals surface area contributed by atoms with Crippen LogP contribution < -0.4 is 10.1 Å². The Morgan fingerprint density at radius 3 is 2.59 bits per heavy atom. The van der Waals surface area contributed by atoms with Gasteiger partial charge in [-0.25, -0.2) is 4.39 Å². The molecule has 0 saturated heterocycles. The Morgan fingerprint density at radius 1 is 1.27 bits per heavy atom. The fraction of sp³-hybridized carbons (Fsp3) is 0.235.